The second kappa shape index (κ2) is 7.19. The molecular formula is C23H23Cl2NO3. The van der Waals surface area contributed by atoms with Crippen molar-refractivity contribution in [1.82, 2.24) is 4.90 Å². The Bertz CT molecular complexity index is 942. The van der Waals surface area contributed by atoms with E-state index in [1.807, 2.05) is 24.3 Å². The molecule has 3 aliphatic rings. The van der Waals surface area contributed by atoms with Crippen molar-refractivity contribution in [2.75, 3.05) is 13.1 Å². The first kappa shape index (κ1) is 19.2. The maximum atomic E-state index is 11.1. The summed E-state index contributed by atoms with van der Waals surface area (Å²) in [5, 5.41) is 10.4. The molecule has 2 fully saturated rings. The van der Waals surface area contributed by atoms with Crippen LogP contribution in [0.5, 0.6) is 5.75 Å². The Balaban J connectivity index is 1.22. The fraction of sp³-hybridized carbons (Fsp3) is 0.435. The molecule has 152 valence electrons. The van der Waals surface area contributed by atoms with Gasteiger partial charge >= 0.3 is 5.97 Å². The van der Waals surface area contributed by atoms with Gasteiger partial charge < -0.3 is 9.84 Å². The minimum atomic E-state index is -0.633. The van der Waals surface area contributed by atoms with E-state index in [4.69, 9.17) is 33.0 Å². The number of nitrogens with zero attached hydrogens (tertiary/aromatic N) is 1. The Hall–Kier alpha value is -1.75. The number of ether oxygens (including phenoxy) is 1. The van der Waals surface area contributed by atoms with Crippen LogP contribution in [0.4, 0.5) is 0 Å². The summed E-state index contributed by atoms with van der Waals surface area (Å²) in [5.74, 6) is 0.0778. The van der Waals surface area contributed by atoms with E-state index in [0.29, 0.717) is 22.7 Å². The molecule has 5 rings (SSSR count). The average molecular weight is 432 g/mol. The van der Waals surface area contributed by atoms with Gasteiger partial charge in [0.1, 0.15) is 12.4 Å². The van der Waals surface area contributed by atoms with Crippen molar-refractivity contribution < 1.29 is 14.6 Å². The molecule has 0 aromatic heterocycles. The zero-order chi connectivity index (χ0) is 20.2. The summed E-state index contributed by atoms with van der Waals surface area (Å²) in [6, 6.07) is 12.3. The molecule has 1 unspecified atom stereocenters. The summed E-state index contributed by atoms with van der Waals surface area (Å²) in [5.41, 5.74) is 3.80. The molecule has 6 heteroatoms. The van der Waals surface area contributed by atoms with Crippen LogP contribution in [0.2, 0.25) is 10.0 Å². The zero-order valence-electron chi connectivity index (χ0n) is 16.0. The number of hydrogen-bond donors (Lipinski definition) is 1. The molecule has 1 aliphatic heterocycles. The largest absolute Gasteiger partial charge is 0.489 e. The number of hydrogen-bond acceptors (Lipinski definition) is 3. The maximum Gasteiger partial charge on any atom is 0.306 e. The third-order valence-electron chi connectivity index (χ3n) is 6.83. The van der Waals surface area contributed by atoms with Gasteiger partial charge in [-0.1, -0.05) is 35.3 Å². The molecule has 1 heterocycles. The Morgan fingerprint density at radius 2 is 1.90 bits per heavy atom. The minimum Gasteiger partial charge on any atom is -0.489 e. The van der Waals surface area contributed by atoms with Crippen LogP contribution >= 0.6 is 23.2 Å². The maximum absolute atomic E-state index is 11.1. The van der Waals surface area contributed by atoms with Crippen molar-refractivity contribution in [2.24, 2.45) is 11.3 Å². The SMILES string of the molecule is O=C(O)C1CC2(C1)CN(C1CCc3cc(OCc4c(Cl)cccc4Cl)ccc31)C2. The van der Waals surface area contributed by atoms with Crippen molar-refractivity contribution in [2.45, 2.75) is 38.3 Å². The lowest BCUT2D eigenvalue weighted by atomic mass is 9.57. The van der Waals surface area contributed by atoms with Gasteiger partial charge in [0.15, 0.2) is 0 Å². The van der Waals surface area contributed by atoms with Gasteiger partial charge in [0.25, 0.3) is 0 Å². The lowest BCUT2D eigenvalue weighted by molar-refractivity contribution is -0.164. The van der Waals surface area contributed by atoms with Crippen molar-refractivity contribution in [3.05, 3.63) is 63.1 Å². The first-order valence-corrected chi connectivity index (χ1v) is 10.9. The number of aryl methyl sites for hydroxylation is 1. The normalized spacial score (nSPS) is 22.8. The van der Waals surface area contributed by atoms with Crippen LogP contribution in [-0.2, 0) is 17.8 Å². The monoisotopic (exact) mass is 431 g/mol. The Morgan fingerprint density at radius 3 is 2.59 bits per heavy atom. The van der Waals surface area contributed by atoms with Crippen LogP contribution in [0.1, 0.15) is 42.0 Å². The molecule has 1 spiro atoms. The van der Waals surface area contributed by atoms with Gasteiger partial charge in [-0.3, -0.25) is 9.69 Å². The molecule has 4 nitrogen and oxygen atoms in total. The van der Waals surface area contributed by atoms with Gasteiger partial charge in [-0.2, -0.15) is 0 Å². The van der Waals surface area contributed by atoms with Crippen molar-refractivity contribution in [1.29, 1.82) is 0 Å². The van der Waals surface area contributed by atoms with Gasteiger partial charge in [-0.15, -0.1) is 0 Å². The van der Waals surface area contributed by atoms with E-state index in [-0.39, 0.29) is 11.3 Å². The van der Waals surface area contributed by atoms with Gasteiger partial charge in [0.05, 0.1) is 5.92 Å². The van der Waals surface area contributed by atoms with Crippen molar-refractivity contribution in [3.8, 4) is 5.75 Å². The summed E-state index contributed by atoms with van der Waals surface area (Å²) >= 11 is 12.5. The predicted molar refractivity (Wildman–Crippen MR) is 113 cm³/mol. The molecule has 1 atom stereocenters. The fourth-order valence-electron chi connectivity index (χ4n) is 5.32. The lowest BCUT2D eigenvalue weighted by Crippen LogP contribution is -2.63. The number of aliphatic carboxylic acids is 1. The van der Waals surface area contributed by atoms with Crippen LogP contribution in [-0.4, -0.2) is 29.1 Å². The summed E-state index contributed by atoms with van der Waals surface area (Å²) in [7, 11) is 0. The Morgan fingerprint density at radius 1 is 1.17 bits per heavy atom. The number of likely N-dealkylation sites (tertiary alicyclic amines) is 1. The standard InChI is InChI=1S/C23H23Cl2NO3/c24-19-2-1-3-20(25)18(19)11-29-16-5-6-17-14(8-16)4-7-21(17)26-12-23(13-26)9-15(10-23)22(27)28/h1-3,5-6,8,15,21H,4,7,9-13H2,(H,27,28). The smallest absolute Gasteiger partial charge is 0.306 e. The predicted octanol–water partition coefficient (Wildman–Crippen LogP) is 5.36. The number of benzene rings is 2. The highest BCUT2D eigenvalue weighted by molar-refractivity contribution is 6.35. The molecule has 0 amide bonds. The molecule has 2 aromatic carbocycles. The Kier molecular flexibility index (Phi) is 4.77. The third-order valence-corrected chi connectivity index (χ3v) is 7.54. The fourth-order valence-corrected chi connectivity index (χ4v) is 5.83. The van der Waals surface area contributed by atoms with E-state index in [2.05, 4.69) is 17.0 Å². The molecule has 29 heavy (non-hydrogen) atoms. The average Bonchev–Trinajstić information content (AvgIpc) is 3.02. The quantitative estimate of drug-likeness (QED) is 0.692. The highest BCUT2D eigenvalue weighted by Gasteiger charge is 2.56. The van der Waals surface area contributed by atoms with E-state index >= 15 is 0 Å². The van der Waals surface area contributed by atoms with Crippen molar-refractivity contribution in [3.63, 3.8) is 0 Å². The van der Waals surface area contributed by atoms with Gasteiger partial charge in [-0.05, 0) is 66.5 Å². The minimum absolute atomic E-state index is 0.126. The van der Waals surface area contributed by atoms with Crippen LogP contribution in [0.15, 0.2) is 36.4 Å². The number of carbonyl (C=O) groups is 1. The lowest BCUT2D eigenvalue weighted by Gasteiger charge is -2.60. The second-order valence-corrected chi connectivity index (χ2v) is 9.57. The van der Waals surface area contributed by atoms with Crippen LogP contribution in [0.25, 0.3) is 0 Å². The van der Waals surface area contributed by atoms with Gasteiger partial charge in [-0.25, -0.2) is 0 Å². The Labute approximate surface area is 180 Å². The summed E-state index contributed by atoms with van der Waals surface area (Å²) in [4.78, 5) is 13.6. The van der Waals surface area contributed by atoms with Gasteiger partial charge in [0.2, 0.25) is 0 Å². The van der Waals surface area contributed by atoms with E-state index in [1.165, 1.54) is 11.1 Å². The molecule has 1 N–H and O–H groups in total. The first-order valence-electron chi connectivity index (χ1n) is 10.1. The second-order valence-electron chi connectivity index (χ2n) is 8.75. The van der Waals surface area contributed by atoms with Gasteiger partial charge in [0, 0.05) is 34.7 Å². The number of fused-ring (bicyclic) bond motifs is 1. The molecule has 0 bridgehead atoms. The van der Waals surface area contributed by atoms with E-state index in [0.717, 1.165) is 50.1 Å². The molecule has 2 aromatic rings. The highest BCUT2D eigenvalue weighted by atomic mass is 35.5. The summed E-state index contributed by atoms with van der Waals surface area (Å²) in [6.45, 7) is 2.41. The number of halogens is 2. The van der Waals surface area contributed by atoms with Crippen LogP contribution < -0.4 is 4.74 Å². The molecule has 0 radical (unpaired) electrons. The van der Waals surface area contributed by atoms with Crippen molar-refractivity contribution >= 4 is 29.2 Å². The first-order chi connectivity index (χ1) is 13.9. The van der Waals surface area contributed by atoms with E-state index < -0.39 is 5.97 Å². The van der Waals surface area contributed by atoms with E-state index in [1.54, 1.807) is 0 Å². The number of carboxylic acid groups (broad SMARTS) is 1. The summed E-state index contributed by atoms with van der Waals surface area (Å²) < 4.78 is 5.97. The van der Waals surface area contributed by atoms with Crippen LogP contribution in [0, 0.1) is 11.3 Å². The molecular weight excluding hydrogens is 409 g/mol. The topological polar surface area (TPSA) is 49.8 Å². The number of rotatable bonds is 5. The summed E-state index contributed by atoms with van der Waals surface area (Å²) in [6.07, 6.45) is 3.85. The number of carboxylic acids is 1. The van der Waals surface area contributed by atoms with E-state index in [9.17, 15) is 4.79 Å². The van der Waals surface area contributed by atoms with Crippen LogP contribution in [0.3, 0.4) is 0 Å². The molecule has 1 saturated heterocycles. The molecule has 2 aliphatic carbocycles. The third kappa shape index (κ3) is 3.41. The molecule has 1 saturated carbocycles. The highest BCUT2D eigenvalue weighted by Crippen LogP contribution is 2.55. The zero-order valence-corrected chi connectivity index (χ0v) is 17.5.